The number of methoxy groups -OCH3 is 1. The zero-order valence-electron chi connectivity index (χ0n) is 22.1. The number of carbonyl (C=O) groups is 2. The van der Waals surface area contributed by atoms with Crippen molar-refractivity contribution < 1.29 is 22.7 Å². The third-order valence-corrected chi connectivity index (χ3v) is 8.39. The molecular formula is C31H29ClN2O5S. The standard InChI is InChI=1S/C31H29ClN2O5S/c1-22-13-16-28(39-2)29(19-22)40(37,38)34(18-17-23-9-5-3-6-10-23)21-30(35)33-27-15-14-25(32)20-26(27)31(36)24-11-7-4-8-12-24/h3-16,19-20H,17-18,21H2,1-2H3,(H,33,35). The van der Waals surface area contributed by atoms with Gasteiger partial charge >= 0.3 is 0 Å². The molecule has 0 spiro atoms. The van der Waals surface area contributed by atoms with Crippen molar-refractivity contribution in [2.45, 2.75) is 18.2 Å². The van der Waals surface area contributed by atoms with Gasteiger partial charge in [-0.25, -0.2) is 8.42 Å². The Hall–Kier alpha value is -3.98. The van der Waals surface area contributed by atoms with Crippen LogP contribution in [0.15, 0.2) is 102 Å². The molecule has 1 amide bonds. The number of ketones is 1. The van der Waals surface area contributed by atoms with Crippen LogP contribution in [-0.4, -0.2) is 44.6 Å². The summed E-state index contributed by atoms with van der Waals surface area (Å²) >= 11 is 6.17. The molecule has 206 valence electrons. The van der Waals surface area contributed by atoms with Crippen LogP contribution in [0, 0.1) is 6.92 Å². The van der Waals surface area contributed by atoms with E-state index in [1.165, 1.54) is 25.3 Å². The van der Waals surface area contributed by atoms with Gasteiger partial charge in [-0.05, 0) is 54.8 Å². The Morgan fingerprint density at radius 1 is 0.900 bits per heavy atom. The Bertz CT molecular complexity index is 1610. The minimum Gasteiger partial charge on any atom is -0.495 e. The van der Waals surface area contributed by atoms with E-state index in [2.05, 4.69) is 5.32 Å². The Balaban J connectivity index is 1.64. The van der Waals surface area contributed by atoms with Gasteiger partial charge in [-0.3, -0.25) is 9.59 Å². The lowest BCUT2D eigenvalue weighted by Crippen LogP contribution is -2.39. The van der Waals surface area contributed by atoms with E-state index in [0.717, 1.165) is 15.4 Å². The summed E-state index contributed by atoms with van der Waals surface area (Å²) in [6.07, 6.45) is 0.389. The van der Waals surface area contributed by atoms with E-state index in [1.54, 1.807) is 55.5 Å². The quantitative estimate of drug-likeness (QED) is 0.229. The average Bonchev–Trinajstić information content (AvgIpc) is 2.96. The van der Waals surface area contributed by atoms with Crippen LogP contribution in [0.4, 0.5) is 5.69 Å². The smallest absolute Gasteiger partial charge is 0.247 e. The SMILES string of the molecule is COc1ccc(C)cc1S(=O)(=O)N(CCc1ccccc1)CC(=O)Nc1ccc(Cl)cc1C(=O)c1ccccc1. The molecule has 0 radical (unpaired) electrons. The van der Waals surface area contributed by atoms with Gasteiger partial charge in [0.05, 0.1) is 19.3 Å². The van der Waals surface area contributed by atoms with Gasteiger partial charge in [0, 0.05) is 22.7 Å². The Morgan fingerprint density at radius 3 is 2.25 bits per heavy atom. The largest absolute Gasteiger partial charge is 0.495 e. The molecule has 0 atom stereocenters. The van der Waals surface area contributed by atoms with Gasteiger partial charge in [-0.2, -0.15) is 4.31 Å². The van der Waals surface area contributed by atoms with E-state index in [-0.39, 0.29) is 34.2 Å². The molecule has 0 aliphatic heterocycles. The second-order valence-electron chi connectivity index (χ2n) is 9.16. The maximum absolute atomic E-state index is 13.9. The molecule has 0 unspecified atom stereocenters. The summed E-state index contributed by atoms with van der Waals surface area (Å²) in [6.45, 7) is 1.35. The highest BCUT2D eigenvalue weighted by atomic mass is 35.5. The minimum atomic E-state index is -4.14. The van der Waals surface area contributed by atoms with Crippen LogP contribution in [0.5, 0.6) is 5.75 Å². The van der Waals surface area contributed by atoms with Crippen LogP contribution in [0.1, 0.15) is 27.0 Å². The number of sulfonamides is 1. The van der Waals surface area contributed by atoms with Gasteiger partial charge < -0.3 is 10.1 Å². The molecule has 0 aromatic heterocycles. The topological polar surface area (TPSA) is 92.8 Å². The third kappa shape index (κ3) is 6.96. The molecule has 4 aromatic carbocycles. The fourth-order valence-corrected chi connectivity index (χ4v) is 6.03. The Morgan fingerprint density at radius 2 is 1.57 bits per heavy atom. The lowest BCUT2D eigenvalue weighted by atomic mass is 10.0. The predicted molar refractivity (Wildman–Crippen MR) is 157 cm³/mol. The van der Waals surface area contributed by atoms with Gasteiger partial charge in [0.25, 0.3) is 0 Å². The number of anilines is 1. The predicted octanol–water partition coefficient (Wildman–Crippen LogP) is 5.76. The van der Waals surface area contributed by atoms with Crippen molar-refractivity contribution in [1.82, 2.24) is 4.31 Å². The number of nitrogens with zero attached hydrogens (tertiary/aromatic N) is 1. The van der Waals surface area contributed by atoms with Crippen LogP contribution in [0.3, 0.4) is 0 Å². The normalized spacial score (nSPS) is 11.3. The zero-order valence-corrected chi connectivity index (χ0v) is 23.7. The average molecular weight is 577 g/mol. The fraction of sp³-hybridized carbons (Fsp3) is 0.161. The van der Waals surface area contributed by atoms with Gasteiger partial charge in [0.15, 0.2) is 5.78 Å². The number of rotatable bonds is 11. The maximum atomic E-state index is 13.9. The Kier molecular flexibility index (Phi) is 9.37. The van der Waals surface area contributed by atoms with Crippen molar-refractivity contribution in [2.24, 2.45) is 0 Å². The summed E-state index contributed by atoms with van der Waals surface area (Å²) in [5.74, 6) is -0.742. The van der Waals surface area contributed by atoms with Crippen LogP contribution >= 0.6 is 11.6 Å². The molecular weight excluding hydrogens is 548 g/mol. The number of halogens is 1. The van der Waals surface area contributed by atoms with Crippen molar-refractivity contribution in [1.29, 1.82) is 0 Å². The molecule has 0 aliphatic carbocycles. The van der Waals surface area contributed by atoms with Crippen LogP contribution in [-0.2, 0) is 21.2 Å². The number of benzene rings is 4. The van der Waals surface area contributed by atoms with E-state index in [0.29, 0.717) is 17.0 Å². The lowest BCUT2D eigenvalue weighted by Gasteiger charge is -2.23. The highest BCUT2D eigenvalue weighted by molar-refractivity contribution is 7.89. The molecule has 9 heteroatoms. The summed E-state index contributed by atoms with van der Waals surface area (Å²) in [4.78, 5) is 26.5. The second-order valence-corrected chi connectivity index (χ2v) is 11.5. The molecule has 0 saturated carbocycles. The molecule has 4 aromatic rings. The lowest BCUT2D eigenvalue weighted by molar-refractivity contribution is -0.116. The van der Waals surface area contributed by atoms with Crippen LogP contribution in [0.25, 0.3) is 0 Å². The third-order valence-electron chi connectivity index (χ3n) is 6.29. The van der Waals surface area contributed by atoms with Crippen molar-refractivity contribution in [3.63, 3.8) is 0 Å². The second kappa shape index (κ2) is 12.9. The number of carbonyl (C=O) groups excluding carboxylic acids is 2. The first-order chi connectivity index (χ1) is 19.2. The van der Waals surface area contributed by atoms with E-state index >= 15 is 0 Å². The number of hydrogen-bond donors (Lipinski definition) is 1. The fourth-order valence-electron chi connectivity index (χ4n) is 4.22. The molecule has 0 saturated heterocycles. The van der Waals surface area contributed by atoms with Gasteiger partial charge in [0.2, 0.25) is 15.9 Å². The van der Waals surface area contributed by atoms with E-state index < -0.39 is 22.5 Å². The zero-order chi connectivity index (χ0) is 28.7. The van der Waals surface area contributed by atoms with Crippen molar-refractivity contribution in [2.75, 3.05) is 25.5 Å². The monoisotopic (exact) mass is 576 g/mol. The number of amides is 1. The summed E-state index contributed by atoms with van der Waals surface area (Å²) < 4.78 is 34.2. The van der Waals surface area contributed by atoms with Crippen LogP contribution < -0.4 is 10.1 Å². The highest BCUT2D eigenvalue weighted by Gasteiger charge is 2.30. The summed E-state index contributed by atoms with van der Waals surface area (Å²) in [6, 6.07) is 27.5. The summed E-state index contributed by atoms with van der Waals surface area (Å²) in [7, 11) is -2.74. The number of ether oxygens (including phenoxy) is 1. The first-order valence-electron chi connectivity index (χ1n) is 12.6. The molecule has 1 N–H and O–H groups in total. The van der Waals surface area contributed by atoms with Crippen molar-refractivity contribution >= 4 is 39.0 Å². The number of hydrogen-bond acceptors (Lipinski definition) is 5. The molecule has 0 heterocycles. The molecule has 40 heavy (non-hydrogen) atoms. The number of aryl methyl sites for hydroxylation is 1. The van der Waals surface area contributed by atoms with Crippen molar-refractivity contribution in [3.05, 3.63) is 124 Å². The first-order valence-corrected chi connectivity index (χ1v) is 14.4. The molecule has 0 aliphatic rings. The van der Waals surface area contributed by atoms with Gasteiger partial charge in [0.1, 0.15) is 10.6 Å². The van der Waals surface area contributed by atoms with Crippen molar-refractivity contribution in [3.8, 4) is 5.75 Å². The van der Waals surface area contributed by atoms with Crippen LogP contribution in [0.2, 0.25) is 5.02 Å². The summed E-state index contributed by atoms with van der Waals surface area (Å²) in [5.41, 5.74) is 2.52. The molecule has 7 nitrogen and oxygen atoms in total. The molecule has 0 fully saturated rings. The van der Waals surface area contributed by atoms with E-state index in [9.17, 15) is 18.0 Å². The maximum Gasteiger partial charge on any atom is 0.247 e. The Labute approximate surface area is 239 Å². The van der Waals surface area contributed by atoms with E-state index in [1.807, 2.05) is 30.3 Å². The highest BCUT2D eigenvalue weighted by Crippen LogP contribution is 2.29. The van der Waals surface area contributed by atoms with Gasteiger partial charge in [-0.15, -0.1) is 0 Å². The first kappa shape index (κ1) is 29.0. The molecule has 4 rings (SSSR count). The van der Waals surface area contributed by atoms with E-state index in [4.69, 9.17) is 16.3 Å². The number of nitrogens with one attached hydrogen (secondary N) is 1. The van der Waals surface area contributed by atoms with Gasteiger partial charge in [-0.1, -0.05) is 78.3 Å². The minimum absolute atomic E-state index is 0.0256. The summed E-state index contributed by atoms with van der Waals surface area (Å²) in [5, 5.41) is 3.05. The molecule has 0 bridgehead atoms.